The number of nitrogens with zero attached hydrogens (tertiary/aromatic N) is 1. The SMILES string of the molecule is CCCC(CN(C)CCOCC)NCC. The van der Waals surface area contributed by atoms with Crippen LogP contribution in [0, 0.1) is 0 Å². The second kappa shape index (κ2) is 10.4. The van der Waals surface area contributed by atoms with Crippen molar-refractivity contribution in [1.82, 2.24) is 10.2 Å². The zero-order valence-electron chi connectivity index (χ0n) is 10.9. The Morgan fingerprint density at radius 1 is 1.27 bits per heavy atom. The van der Waals surface area contributed by atoms with Crippen LogP contribution in [0.2, 0.25) is 0 Å². The molecule has 1 unspecified atom stereocenters. The molecule has 0 bridgehead atoms. The highest BCUT2D eigenvalue weighted by Crippen LogP contribution is 1.98. The summed E-state index contributed by atoms with van der Waals surface area (Å²) >= 11 is 0. The molecule has 0 aromatic heterocycles. The predicted molar refractivity (Wildman–Crippen MR) is 66.4 cm³/mol. The van der Waals surface area contributed by atoms with Gasteiger partial charge in [-0.05, 0) is 26.9 Å². The lowest BCUT2D eigenvalue weighted by Crippen LogP contribution is -2.40. The van der Waals surface area contributed by atoms with Gasteiger partial charge in [-0.1, -0.05) is 20.3 Å². The van der Waals surface area contributed by atoms with E-state index in [-0.39, 0.29) is 0 Å². The molecule has 3 nitrogen and oxygen atoms in total. The summed E-state index contributed by atoms with van der Waals surface area (Å²) in [5, 5.41) is 3.52. The average Bonchev–Trinajstić information content (AvgIpc) is 2.19. The van der Waals surface area contributed by atoms with E-state index in [9.17, 15) is 0 Å². The van der Waals surface area contributed by atoms with Gasteiger partial charge < -0.3 is 15.0 Å². The Morgan fingerprint density at radius 2 is 2.00 bits per heavy atom. The molecule has 0 aliphatic rings. The number of nitrogens with one attached hydrogen (secondary N) is 1. The monoisotopic (exact) mass is 216 g/mol. The molecular weight excluding hydrogens is 188 g/mol. The molecule has 3 heteroatoms. The largest absolute Gasteiger partial charge is 0.380 e. The van der Waals surface area contributed by atoms with E-state index in [2.05, 4.69) is 31.1 Å². The van der Waals surface area contributed by atoms with Crippen molar-refractivity contribution < 1.29 is 4.74 Å². The zero-order valence-corrected chi connectivity index (χ0v) is 10.9. The normalized spacial score (nSPS) is 13.4. The molecule has 15 heavy (non-hydrogen) atoms. The van der Waals surface area contributed by atoms with Crippen LogP contribution in [0.15, 0.2) is 0 Å². The summed E-state index contributed by atoms with van der Waals surface area (Å²) in [7, 11) is 2.17. The van der Waals surface area contributed by atoms with Gasteiger partial charge in [0.1, 0.15) is 0 Å². The van der Waals surface area contributed by atoms with Gasteiger partial charge in [0.2, 0.25) is 0 Å². The standard InChI is InChI=1S/C12H28N2O/c1-5-8-12(13-6-2)11-14(4)9-10-15-7-3/h12-13H,5-11H2,1-4H3. The van der Waals surface area contributed by atoms with Crippen molar-refractivity contribution in [2.75, 3.05) is 39.9 Å². The van der Waals surface area contributed by atoms with Crippen LogP contribution in [-0.2, 0) is 4.74 Å². The lowest BCUT2D eigenvalue weighted by atomic mass is 10.1. The Balaban J connectivity index is 3.62. The first-order valence-electron chi connectivity index (χ1n) is 6.24. The molecule has 1 N–H and O–H groups in total. The van der Waals surface area contributed by atoms with E-state index >= 15 is 0 Å². The van der Waals surface area contributed by atoms with Gasteiger partial charge in [-0.25, -0.2) is 0 Å². The Morgan fingerprint density at radius 3 is 2.53 bits per heavy atom. The van der Waals surface area contributed by atoms with Crippen LogP contribution in [0.5, 0.6) is 0 Å². The van der Waals surface area contributed by atoms with E-state index in [1.54, 1.807) is 0 Å². The highest BCUT2D eigenvalue weighted by atomic mass is 16.5. The molecule has 0 fully saturated rings. The number of ether oxygens (including phenoxy) is 1. The predicted octanol–water partition coefficient (Wildman–Crippen LogP) is 1.73. The maximum absolute atomic E-state index is 5.34. The fourth-order valence-electron chi connectivity index (χ4n) is 1.73. The van der Waals surface area contributed by atoms with Crippen LogP contribution >= 0.6 is 0 Å². The number of hydrogen-bond donors (Lipinski definition) is 1. The van der Waals surface area contributed by atoms with E-state index < -0.39 is 0 Å². The average molecular weight is 216 g/mol. The third-order valence-electron chi connectivity index (χ3n) is 2.48. The van der Waals surface area contributed by atoms with Crippen molar-refractivity contribution in [1.29, 1.82) is 0 Å². The molecule has 0 saturated heterocycles. The molecule has 92 valence electrons. The minimum atomic E-state index is 0.631. The van der Waals surface area contributed by atoms with E-state index in [4.69, 9.17) is 4.74 Å². The van der Waals surface area contributed by atoms with E-state index in [0.717, 1.165) is 32.8 Å². The molecular formula is C12H28N2O. The first-order valence-corrected chi connectivity index (χ1v) is 6.24. The van der Waals surface area contributed by atoms with Crippen LogP contribution in [-0.4, -0.2) is 50.8 Å². The molecule has 0 aliphatic heterocycles. The van der Waals surface area contributed by atoms with Gasteiger partial charge >= 0.3 is 0 Å². The third kappa shape index (κ3) is 8.85. The molecule has 1 atom stereocenters. The second-order valence-corrected chi connectivity index (χ2v) is 4.00. The highest BCUT2D eigenvalue weighted by molar-refractivity contribution is 4.69. The van der Waals surface area contributed by atoms with Crippen LogP contribution in [0.4, 0.5) is 0 Å². The van der Waals surface area contributed by atoms with Crippen LogP contribution in [0.25, 0.3) is 0 Å². The van der Waals surface area contributed by atoms with E-state index in [0.29, 0.717) is 6.04 Å². The van der Waals surface area contributed by atoms with E-state index in [1.165, 1.54) is 12.8 Å². The minimum Gasteiger partial charge on any atom is -0.380 e. The van der Waals surface area contributed by atoms with Crippen molar-refractivity contribution in [2.45, 2.75) is 39.7 Å². The van der Waals surface area contributed by atoms with Crippen molar-refractivity contribution in [3.63, 3.8) is 0 Å². The zero-order chi connectivity index (χ0) is 11.5. The molecule has 0 aromatic rings. The lowest BCUT2D eigenvalue weighted by Gasteiger charge is -2.24. The van der Waals surface area contributed by atoms with E-state index in [1.807, 2.05) is 6.92 Å². The van der Waals surface area contributed by atoms with Crippen molar-refractivity contribution in [3.05, 3.63) is 0 Å². The Bertz CT molecular complexity index is 125. The minimum absolute atomic E-state index is 0.631. The van der Waals surface area contributed by atoms with Gasteiger partial charge in [0.15, 0.2) is 0 Å². The summed E-state index contributed by atoms with van der Waals surface area (Å²) in [5.41, 5.74) is 0. The quantitative estimate of drug-likeness (QED) is 0.563. The highest BCUT2D eigenvalue weighted by Gasteiger charge is 2.08. The maximum Gasteiger partial charge on any atom is 0.0593 e. The summed E-state index contributed by atoms with van der Waals surface area (Å²) in [5.74, 6) is 0. The summed E-state index contributed by atoms with van der Waals surface area (Å²) in [6, 6.07) is 0.631. The number of likely N-dealkylation sites (N-methyl/N-ethyl adjacent to an activating group) is 2. The molecule has 0 heterocycles. The van der Waals surface area contributed by atoms with Crippen molar-refractivity contribution >= 4 is 0 Å². The fraction of sp³-hybridized carbons (Fsp3) is 1.00. The summed E-state index contributed by atoms with van der Waals surface area (Å²) in [6.07, 6.45) is 2.50. The molecule has 0 amide bonds. The summed E-state index contributed by atoms with van der Waals surface area (Å²) < 4.78 is 5.34. The van der Waals surface area contributed by atoms with Crippen LogP contribution in [0.3, 0.4) is 0 Å². The number of rotatable bonds is 10. The van der Waals surface area contributed by atoms with Gasteiger partial charge in [0, 0.05) is 25.7 Å². The van der Waals surface area contributed by atoms with Gasteiger partial charge in [0.25, 0.3) is 0 Å². The smallest absolute Gasteiger partial charge is 0.0593 e. The van der Waals surface area contributed by atoms with Crippen molar-refractivity contribution in [3.8, 4) is 0 Å². The van der Waals surface area contributed by atoms with Crippen molar-refractivity contribution in [2.24, 2.45) is 0 Å². The Kier molecular flexibility index (Phi) is 10.3. The molecule has 0 aromatic carbocycles. The first kappa shape index (κ1) is 14.9. The summed E-state index contributed by atoms with van der Waals surface area (Å²) in [4.78, 5) is 2.35. The molecule has 0 rings (SSSR count). The second-order valence-electron chi connectivity index (χ2n) is 4.00. The van der Waals surface area contributed by atoms with Gasteiger partial charge in [0.05, 0.1) is 6.61 Å². The van der Waals surface area contributed by atoms with Gasteiger partial charge in [-0.3, -0.25) is 0 Å². The molecule has 0 spiro atoms. The lowest BCUT2D eigenvalue weighted by molar-refractivity contribution is 0.118. The maximum atomic E-state index is 5.34. The fourth-order valence-corrected chi connectivity index (χ4v) is 1.73. The third-order valence-corrected chi connectivity index (χ3v) is 2.48. The Hall–Kier alpha value is -0.120. The molecule has 0 saturated carbocycles. The number of hydrogen-bond acceptors (Lipinski definition) is 3. The Labute approximate surface area is 95.2 Å². The topological polar surface area (TPSA) is 24.5 Å². The molecule has 0 aliphatic carbocycles. The van der Waals surface area contributed by atoms with Gasteiger partial charge in [-0.15, -0.1) is 0 Å². The first-order chi connectivity index (χ1) is 7.24. The van der Waals surface area contributed by atoms with Crippen LogP contribution < -0.4 is 5.32 Å². The van der Waals surface area contributed by atoms with Gasteiger partial charge in [-0.2, -0.15) is 0 Å². The molecule has 0 radical (unpaired) electrons. The van der Waals surface area contributed by atoms with Crippen LogP contribution in [0.1, 0.15) is 33.6 Å². The summed E-state index contributed by atoms with van der Waals surface area (Å²) in [6.45, 7) is 11.3.